The monoisotopic (exact) mass is 466 g/mol. The minimum absolute atomic E-state index is 0.148. The molecule has 0 aliphatic heterocycles. The molecule has 0 saturated heterocycles. The van der Waals surface area contributed by atoms with E-state index in [-0.39, 0.29) is 23.8 Å². The molecule has 0 spiro atoms. The predicted octanol–water partition coefficient (Wildman–Crippen LogP) is 4.26. The van der Waals surface area contributed by atoms with Gasteiger partial charge < -0.3 is 15.0 Å². The number of aromatic nitrogens is 2. The highest BCUT2D eigenvalue weighted by Gasteiger charge is 2.16. The van der Waals surface area contributed by atoms with Crippen molar-refractivity contribution in [2.75, 3.05) is 25.5 Å². The van der Waals surface area contributed by atoms with Crippen LogP contribution in [0.15, 0.2) is 58.7 Å². The van der Waals surface area contributed by atoms with Crippen LogP contribution >= 0.6 is 11.3 Å². The van der Waals surface area contributed by atoms with Crippen LogP contribution < -0.4 is 15.6 Å². The molecule has 2 heterocycles. The van der Waals surface area contributed by atoms with E-state index >= 15 is 0 Å². The van der Waals surface area contributed by atoms with Crippen LogP contribution in [0.25, 0.3) is 21.3 Å². The van der Waals surface area contributed by atoms with Crippen LogP contribution in [0.1, 0.15) is 12.7 Å². The molecule has 170 valence electrons. The van der Waals surface area contributed by atoms with Crippen LogP contribution in [0.3, 0.4) is 0 Å². The van der Waals surface area contributed by atoms with E-state index in [2.05, 4.69) is 15.3 Å². The maximum atomic E-state index is 13.3. The molecule has 0 fully saturated rings. The fourth-order valence-corrected chi connectivity index (χ4v) is 4.45. The molecule has 1 amide bonds. The number of methoxy groups -OCH3 is 1. The normalized spacial score (nSPS) is 11.2. The fourth-order valence-electron chi connectivity index (χ4n) is 3.48. The predicted molar refractivity (Wildman–Crippen MR) is 128 cm³/mol. The summed E-state index contributed by atoms with van der Waals surface area (Å²) in [5.41, 5.74) is 1.90. The maximum absolute atomic E-state index is 13.3. The molecule has 0 bridgehead atoms. The van der Waals surface area contributed by atoms with Gasteiger partial charge in [-0.15, -0.1) is 11.3 Å². The lowest BCUT2D eigenvalue weighted by Gasteiger charge is -2.19. The molecular formula is C24H23FN4O3S. The molecule has 2 N–H and O–H groups in total. The number of carbonyl (C=O) groups is 1. The minimum atomic E-state index is -0.330. The van der Waals surface area contributed by atoms with Gasteiger partial charge in [0.1, 0.15) is 22.2 Å². The number of hydrogen-bond acceptors (Lipinski definition) is 6. The summed E-state index contributed by atoms with van der Waals surface area (Å²) in [6.45, 7) is 3.01. The van der Waals surface area contributed by atoms with Gasteiger partial charge in [-0.05, 0) is 48.5 Å². The van der Waals surface area contributed by atoms with Crippen molar-refractivity contribution in [2.24, 2.45) is 0 Å². The van der Waals surface area contributed by atoms with E-state index in [0.717, 1.165) is 11.1 Å². The number of rotatable bonds is 8. The van der Waals surface area contributed by atoms with Gasteiger partial charge in [0.15, 0.2) is 0 Å². The van der Waals surface area contributed by atoms with Gasteiger partial charge >= 0.3 is 0 Å². The lowest BCUT2D eigenvalue weighted by Crippen LogP contribution is -2.33. The van der Waals surface area contributed by atoms with Gasteiger partial charge in [0.25, 0.3) is 5.56 Å². The second kappa shape index (κ2) is 9.93. The summed E-state index contributed by atoms with van der Waals surface area (Å²) in [5.74, 6) is 0.701. The molecule has 0 aliphatic carbocycles. The van der Waals surface area contributed by atoms with Gasteiger partial charge in [0, 0.05) is 16.6 Å². The number of carbonyl (C=O) groups excluding carboxylic acids is 1. The number of amides is 1. The Labute approximate surface area is 193 Å². The zero-order valence-corrected chi connectivity index (χ0v) is 19.0. The summed E-state index contributed by atoms with van der Waals surface area (Å²) >= 11 is 1.36. The molecule has 0 unspecified atom stereocenters. The molecule has 0 radical (unpaired) electrons. The van der Waals surface area contributed by atoms with Crippen molar-refractivity contribution in [3.63, 3.8) is 0 Å². The number of ether oxygens (including phenoxy) is 1. The van der Waals surface area contributed by atoms with Crippen molar-refractivity contribution in [1.29, 1.82) is 0 Å². The van der Waals surface area contributed by atoms with Crippen molar-refractivity contribution in [3.8, 4) is 16.9 Å². The Morgan fingerprint density at radius 3 is 2.58 bits per heavy atom. The third-order valence-corrected chi connectivity index (χ3v) is 6.08. The number of H-pyrrole nitrogens is 1. The fraction of sp³-hybridized carbons (Fsp3) is 0.208. The quantitative estimate of drug-likeness (QED) is 0.405. The van der Waals surface area contributed by atoms with Crippen LogP contribution in [-0.2, 0) is 11.3 Å². The molecule has 2 aromatic carbocycles. The molecule has 0 atom stereocenters. The first-order chi connectivity index (χ1) is 16.0. The van der Waals surface area contributed by atoms with E-state index in [9.17, 15) is 14.0 Å². The highest BCUT2D eigenvalue weighted by atomic mass is 32.1. The molecular weight excluding hydrogens is 443 g/mol. The lowest BCUT2D eigenvalue weighted by molar-refractivity contribution is -0.117. The van der Waals surface area contributed by atoms with Gasteiger partial charge in [0.2, 0.25) is 5.91 Å². The number of anilines is 1. The van der Waals surface area contributed by atoms with Gasteiger partial charge in [-0.3, -0.25) is 14.5 Å². The first kappa shape index (κ1) is 22.6. The summed E-state index contributed by atoms with van der Waals surface area (Å²) in [6.07, 6.45) is 0. The summed E-state index contributed by atoms with van der Waals surface area (Å²) in [5, 5.41) is 5.19. The third-order valence-electron chi connectivity index (χ3n) is 5.21. The lowest BCUT2D eigenvalue weighted by atomic mass is 10.1. The van der Waals surface area contributed by atoms with Crippen molar-refractivity contribution < 1.29 is 13.9 Å². The average molecular weight is 467 g/mol. The molecule has 9 heteroatoms. The Morgan fingerprint density at radius 2 is 1.91 bits per heavy atom. The van der Waals surface area contributed by atoms with Gasteiger partial charge in [-0.25, -0.2) is 9.37 Å². The Morgan fingerprint density at radius 1 is 1.18 bits per heavy atom. The number of halogens is 1. The third kappa shape index (κ3) is 5.27. The van der Waals surface area contributed by atoms with Crippen LogP contribution in [0.4, 0.5) is 10.1 Å². The largest absolute Gasteiger partial charge is 0.497 e. The Kier molecular flexibility index (Phi) is 6.81. The molecule has 0 aliphatic rings. The van der Waals surface area contributed by atoms with E-state index in [1.54, 1.807) is 43.5 Å². The van der Waals surface area contributed by atoms with Gasteiger partial charge in [0.05, 0.1) is 25.6 Å². The number of aromatic amines is 1. The molecule has 33 heavy (non-hydrogen) atoms. The maximum Gasteiger partial charge on any atom is 0.260 e. The second-order valence-corrected chi connectivity index (χ2v) is 8.29. The molecule has 0 saturated carbocycles. The number of thiophene rings is 1. The summed E-state index contributed by atoms with van der Waals surface area (Å²) in [7, 11) is 1.59. The topological polar surface area (TPSA) is 87.3 Å². The summed E-state index contributed by atoms with van der Waals surface area (Å²) < 4.78 is 18.4. The molecule has 4 rings (SSSR count). The van der Waals surface area contributed by atoms with Crippen LogP contribution in [0, 0.1) is 5.82 Å². The van der Waals surface area contributed by atoms with E-state index in [1.165, 1.54) is 23.5 Å². The zero-order valence-electron chi connectivity index (χ0n) is 18.2. The number of nitrogens with one attached hydrogen (secondary N) is 2. The van der Waals surface area contributed by atoms with Crippen LogP contribution in [-0.4, -0.2) is 41.0 Å². The van der Waals surface area contributed by atoms with E-state index < -0.39 is 0 Å². The average Bonchev–Trinajstić information content (AvgIpc) is 3.24. The second-order valence-electron chi connectivity index (χ2n) is 7.43. The van der Waals surface area contributed by atoms with E-state index in [0.29, 0.717) is 40.6 Å². The standard InChI is InChI=1S/C24H23FN4O3S/c1-3-29(13-21(30)26-17-8-10-18(32-2)11-9-17)12-20-27-23(31)22-19(14-33-24(22)28-20)15-4-6-16(25)7-5-15/h4-11,14H,3,12-13H2,1-2H3,(H,26,30)(H,27,28,31). The number of nitrogens with zero attached hydrogens (tertiary/aromatic N) is 2. The Hall–Kier alpha value is -3.56. The first-order valence-corrected chi connectivity index (χ1v) is 11.3. The number of fused-ring (bicyclic) bond motifs is 1. The van der Waals surface area contributed by atoms with E-state index in [4.69, 9.17) is 4.74 Å². The molecule has 7 nitrogen and oxygen atoms in total. The summed E-state index contributed by atoms with van der Waals surface area (Å²) in [6, 6.07) is 13.1. The molecule has 4 aromatic rings. The smallest absolute Gasteiger partial charge is 0.260 e. The van der Waals surface area contributed by atoms with Crippen molar-refractivity contribution in [1.82, 2.24) is 14.9 Å². The zero-order chi connectivity index (χ0) is 23.4. The van der Waals surface area contributed by atoms with E-state index in [1.807, 2.05) is 17.2 Å². The Bertz CT molecular complexity index is 1320. The summed E-state index contributed by atoms with van der Waals surface area (Å²) in [4.78, 5) is 35.3. The Balaban J connectivity index is 1.48. The van der Waals surface area contributed by atoms with Gasteiger partial charge in [-0.2, -0.15) is 0 Å². The van der Waals surface area contributed by atoms with Crippen molar-refractivity contribution in [2.45, 2.75) is 13.5 Å². The highest BCUT2D eigenvalue weighted by Crippen LogP contribution is 2.30. The SMILES string of the molecule is CCN(CC(=O)Nc1ccc(OC)cc1)Cc1nc2scc(-c3ccc(F)cc3)c2c(=O)[nH]1. The number of hydrogen-bond donors (Lipinski definition) is 2. The van der Waals surface area contributed by atoms with Gasteiger partial charge in [-0.1, -0.05) is 19.1 Å². The number of likely N-dealkylation sites (N-methyl/N-ethyl adjacent to an activating group) is 1. The van der Waals surface area contributed by atoms with Crippen LogP contribution in [0.2, 0.25) is 0 Å². The highest BCUT2D eigenvalue weighted by molar-refractivity contribution is 7.17. The first-order valence-electron chi connectivity index (χ1n) is 10.4. The van der Waals surface area contributed by atoms with Crippen LogP contribution in [0.5, 0.6) is 5.75 Å². The van der Waals surface area contributed by atoms with Crippen molar-refractivity contribution in [3.05, 3.63) is 75.9 Å². The molecule has 2 aromatic heterocycles. The van der Waals surface area contributed by atoms with Crippen molar-refractivity contribution >= 4 is 33.1 Å². The minimum Gasteiger partial charge on any atom is -0.497 e. The number of benzene rings is 2.